The molecule has 2 aliphatic rings. The van der Waals surface area contributed by atoms with Gasteiger partial charge in [-0.25, -0.2) is 8.42 Å². The predicted octanol–water partition coefficient (Wildman–Crippen LogP) is 1.68. The SMILES string of the molecule is O=S(=O)(c1ccc(Oc2ccccc2)cc1)N1CC2CNCC2(CO)C1. The Morgan fingerprint density at radius 1 is 1.12 bits per heavy atom. The molecule has 2 aromatic rings. The first-order valence-corrected chi connectivity index (χ1v) is 10.1. The van der Waals surface area contributed by atoms with Crippen LogP contribution in [0.1, 0.15) is 0 Å². The maximum atomic E-state index is 13.0. The van der Waals surface area contributed by atoms with Gasteiger partial charge in [-0.15, -0.1) is 0 Å². The molecule has 0 saturated carbocycles. The van der Waals surface area contributed by atoms with Crippen molar-refractivity contribution in [3.63, 3.8) is 0 Å². The highest BCUT2D eigenvalue weighted by molar-refractivity contribution is 7.89. The van der Waals surface area contributed by atoms with Crippen molar-refractivity contribution in [2.45, 2.75) is 4.90 Å². The van der Waals surface area contributed by atoms with Crippen LogP contribution in [0.15, 0.2) is 59.5 Å². The Hall–Kier alpha value is -1.93. The minimum Gasteiger partial charge on any atom is -0.457 e. The third-order valence-corrected chi connectivity index (χ3v) is 7.23. The van der Waals surface area contributed by atoms with Crippen LogP contribution in [0.5, 0.6) is 11.5 Å². The van der Waals surface area contributed by atoms with Crippen LogP contribution in [0.3, 0.4) is 0 Å². The van der Waals surface area contributed by atoms with E-state index in [9.17, 15) is 13.5 Å². The third kappa shape index (κ3) is 3.01. The maximum absolute atomic E-state index is 13.0. The van der Waals surface area contributed by atoms with Crippen LogP contribution in [0.25, 0.3) is 0 Å². The Balaban J connectivity index is 1.52. The number of nitrogens with zero attached hydrogens (tertiary/aromatic N) is 1. The molecule has 0 aliphatic carbocycles. The second-order valence-electron chi connectivity index (χ2n) is 7.03. The smallest absolute Gasteiger partial charge is 0.243 e. The normalized spacial score (nSPS) is 26.0. The molecule has 0 aromatic heterocycles. The van der Waals surface area contributed by atoms with Crippen molar-refractivity contribution in [1.82, 2.24) is 9.62 Å². The summed E-state index contributed by atoms with van der Waals surface area (Å²) in [5.41, 5.74) is -0.358. The fourth-order valence-corrected chi connectivity index (χ4v) is 5.41. The fourth-order valence-electron chi connectivity index (χ4n) is 3.83. The van der Waals surface area contributed by atoms with E-state index in [-0.39, 0.29) is 22.8 Å². The van der Waals surface area contributed by atoms with Gasteiger partial charge in [-0.3, -0.25) is 0 Å². The van der Waals surface area contributed by atoms with Crippen molar-refractivity contribution in [3.8, 4) is 11.5 Å². The van der Waals surface area contributed by atoms with Crippen molar-refractivity contribution >= 4 is 10.0 Å². The van der Waals surface area contributed by atoms with Crippen LogP contribution in [0.2, 0.25) is 0 Å². The van der Waals surface area contributed by atoms with Crippen molar-refractivity contribution in [2.75, 3.05) is 32.8 Å². The number of fused-ring (bicyclic) bond motifs is 1. The number of hydrogen-bond acceptors (Lipinski definition) is 5. The van der Waals surface area contributed by atoms with Crippen LogP contribution < -0.4 is 10.1 Å². The van der Waals surface area contributed by atoms with Gasteiger partial charge in [0, 0.05) is 25.0 Å². The second kappa shape index (κ2) is 6.66. The molecule has 2 aromatic carbocycles. The molecule has 6 nitrogen and oxygen atoms in total. The van der Waals surface area contributed by atoms with Crippen LogP contribution in [-0.4, -0.2) is 50.6 Å². The zero-order valence-corrected chi connectivity index (χ0v) is 15.2. The van der Waals surface area contributed by atoms with E-state index in [0.29, 0.717) is 31.1 Å². The standard InChI is InChI=1S/C19H22N2O4S/c22-14-19-12-20-10-15(19)11-21(13-19)26(23,24)18-8-6-17(7-9-18)25-16-4-2-1-3-5-16/h1-9,15,20,22H,10-14H2. The van der Waals surface area contributed by atoms with Gasteiger partial charge in [-0.05, 0) is 48.9 Å². The van der Waals surface area contributed by atoms with E-state index in [2.05, 4.69) is 5.32 Å². The zero-order chi connectivity index (χ0) is 18.2. The fraction of sp³-hybridized carbons (Fsp3) is 0.368. The molecule has 2 saturated heterocycles. The zero-order valence-electron chi connectivity index (χ0n) is 14.3. The van der Waals surface area contributed by atoms with E-state index >= 15 is 0 Å². The number of rotatable bonds is 5. The lowest BCUT2D eigenvalue weighted by molar-refractivity contribution is 0.130. The van der Waals surface area contributed by atoms with E-state index in [4.69, 9.17) is 4.74 Å². The Morgan fingerprint density at radius 2 is 1.81 bits per heavy atom. The van der Waals surface area contributed by atoms with E-state index in [1.54, 1.807) is 24.3 Å². The largest absolute Gasteiger partial charge is 0.457 e. The van der Waals surface area contributed by atoms with Gasteiger partial charge < -0.3 is 15.2 Å². The lowest BCUT2D eigenvalue weighted by Crippen LogP contribution is -2.37. The Bertz CT molecular complexity index is 870. The van der Waals surface area contributed by atoms with E-state index in [1.165, 1.54) is 4.31 Å². The molecule has 0 spiro atoms. The predicted molar refractivity (Wildman–Crippen MR) is 97.6 cm³/mol. The lowest BCUT2D eigenvalue weighted by atomic mass is 9.82. The summed E-state index contributed by atoms with van der Waals surface area (Å²) in [5.74, 6) is 1.44. The number of sulfonamides is 1. The van der Waals surface area contributed by atoms with Crippen LogP contribution in [0.4, 0.5) is 0 Å². The molecule has 4 rings (SSSR count). The molecular formula is C19H22N2O4S. The third-order valence-electron chi connectivity index (χ3n) is 5.40. The molecule has 2 N–H and O–H groups in total. The van der Waals surface area contributed by atoms with Crippen molar-refractivity contribution < 1.29 is 18.3 Å². The first-order valence-electron chi connectivity index (χ1n) is 8.68. The highest BCUT2D eigenvalue weighted by atomic mass is 32.2. The molecule has 7 heteroatoms. The van der Waals surface area contributed by atoms with Gasteiger partial charge in [-0.2, -0.15) is 4.31 Å². The van der Waals surface area contributed by atoms with Crippen LogP contribution in [0, 0.1) is 11.3 Å². The minimum absolute atomic E-state index is 0.000536. The lowest BCUT2D eigenvalue weighted by Gasteiger charge is -2.25. The van der Waals surface area contributed by atoms with Gasteiger partial charge in [-0.1, -0.05) is 18.2 Å². The monoisotopic (exact) mass is 374 g/mol. The van der Waals surface area contributed by atoms with Gasteiger partial charge in [0.1, 0.15) is 11.5 Å². The molecule has 0 amide bonds. The minimum atomic E-state index is -3.58. The number of ether oxygens (including phenoxy) is 1. The molecule has 2 atom stereocenters. The summed E-state index contributed by atoms with van der Waals surface area (Å²) < 4.78 is 33.2. The summed E-state index contributed by atoms with van der Waals surface area (Å²) >= 11 is 0. The summed E-state index contributed by atoms with van der Waals surface area (Å²) in [6, 6.07) is 15.8. The summed E-state index contributed by atoms with van der Waals surface area (Å²) in [6.45, 7) is 2.20. The second-order valence-corrected chi connectivity index (χ2v) is 8.97. The van der Waals surface area contributed by atoms with Crippen molar-refractivity contribution in [1.29, 1.82) is 0 Å². The summed E-state index contributed by atoms with van der Waals surface area (Å²) in [6.07, 6.45) is 0. The number of hydrogen-bond donors (Lipinski definition) is 2. The van der Waals surface area contributed by atoms with Crippen LogP contribution in [-0.2, 0) is 10.0 Å². The van der Waals surface area contributed by atoms with E-state index in [1.807, 2.05) is 30.3 Å². The average molecular weight is 374 g/mol. The van der Waals surface area contributed by atoms with E-state index < -0.39 is 10.0 Å². The number of aliphatic hydroxyl groups is 1. The van der Waals surface area contributed by atoms with Gasteiger partial charge in [0.2, 0.25) is 10.0 Å². The molecule has 2 aliphatic heterocycles. The Labute approximate surface area is 153 Å². The molecule has 2 unspecified atom stereocenters. The van der Waals surface area contributed by atoms with Gasteiger partial charge in [0.15, 0.2) is 0 Å². The molecule has 2 fully saturated rings. The topological polar surface area (TPSA) is 78.9 Å². The Kier molecular flexibility index (Phi) is 4.48. The number of benzene rings is 2. The first-order chi connectivity index (χ1) is 12.5. The highest BCUT2D eigenvalue weighted by Crippen LogP contribution is 2.40. The molecule has 2 heterocycles. The quantitative estimate of drug-likeness (QED) is 0.833. The first kappa shape index (κ1) is 17.5. The van der Waals surface area contributed by atoms with Gasteiger partial charge in [0.05, 0.1) is 11.5 Å². The number of nitrogens with one attached hydrogen (secondary N) is 1. The molecule has 26 heavy (non-hydrogen) atoms. The molecule has 0 radical (unpaired) electrons. The Morgan fingerprint density at radius 3 is 2.46 bits per heavy atom. The van der Waals surface area contributed by atoms with Gasteiger partial charge >= 0.3 is 0 Å². The summed E-state index contributed by atoms with van der Waals surface area (Å²) in [5, 5.41) is 13.0. The summed E-state index contributed by atoms with van der Waals surface area (Å²) in [7, 11) is -3.58. The number of aliphatic hydroxyl groups excluding tert-OH is 1. The van der Waals surface area contributed by atoms with Crippen molar-refractivity contribution in [2.24, 2.45) is 11.3 Å². The summed E-state index contributed by atoms with van der Waals surface area (Å²) in [4.78, 5) is 0.249. The highest BCUT2D eigenvalue weighted by Gasteiger charge is 2.52. The average Bonchev–Trinajstić information content (AvgIpc) is 3.21. The molecular weight excluding hydrogens is 352 g/mol. The number of para-hydroxylation sites is 1. The van der Waals surface area contributed by atoms with E-state index in [0.717, 1.165) is 6.54 Å². The van der Waals surface area contributed by atoms with Gasteiger partial charge in [0.25, 0.3) is 0 Å². The van der Waals surface area contributed by atoms with Crippen LogP contribution >= 0.6 is 0 Å². The molecule has 0 bridgehead atoms. The maximum Gasteiger partial charge on any atom is 0.243 e. The molecule has 138 valence electrons. The van der Waals surface area contributed by atoms with Crippen molar-refractivity contribution in [3.05, 3.63) is 54.6 Å².